The maximum absolute atomic E-state index is 12.3. The number of fused-ring (bicyclic) bond motifs is 1. The average Bonchev–Trinajstić information content (AvgIpc) is 2.61. The molecule has 1 aromatic heterocycles. The van der Waals surface area contributed by atoms with Crippen LogP contribution >= 0.6 is 23.2 Å². The van der Waals surface area contributed by atoms with Crippen molar-refractivity contribution in [3.63, 3.8) is 0 Å². The molecule has 0 aliphatic carbocycles. The quantitative estimate of drug-likeness (QED) is 0.763. The minimum absolute atomic E-state index is 0.0183. The highest BCUT2D eigenvalue weighted by Crippen LogP contribution is 2.46. The van der Waals surface area contributed by atoms with Gasteiger partial charge in [-0.3, -0.25) is 4.79 Å². The molecule has 9 heteroatoms. The van der Waals surface area contributed by atoms with Crippen molar-refractivity contribution < 1.29 is 23.8 Å². The first-order chi connectivity index (χ1) is 12.4. The number of ether oxygens (including phenoxy) is 2. The number of esters is 1. The van der Waals surface area contributed by atoms with E-state index in [0.29, 0.717) is 5.56 Å². The van der Waals surface area contributed by atoms with Gasteiger partial charge < -0.3 is 24.7 Å². The Morgan fingerprint density at radius 1 is 1.35 bits per heavy atom. The fourth-order valence-electron chi connectivity index (χ4n) is 2.75. The first-order valence-electron chi connectivity index (χ1n) is 7.36. The lowest BCUT2D eigenvalue weighted by atomic mass is 9.86. The van der Waals surface area contributed by atoms with Gasteiger partial charge in [0.1, 0.15) is 17.9 Å². The lowest BCUT2D eigenvalue weighted by Gasteiger charge is -2.27. The van der Waals surface area contributed by atoms with Gasteiger partial charge in [-0.05, 0) is 12.1 Å². The van der Waals surface area contributed by atoms with E-state index >= 15 is 0 Å². The van der Waals surface area contributed by atoms with E-state index in [-0.39, 0.29) is 38.8 Å². The molecule has 26 heavy (non-hydrogen) atoms. The topological polar surface area (TPSA) is 112 Å². The summed E-state index contributed by atoms with van der Waals surface area (Å²) < 4.78 is 15.7. The number of hydrogen-bond donors (Lipinski definition) is 2. The van der Waals surface area contributed by atoms with E-state index in [9.17, 15) is 14.7 Å². The smallest absolute Gasteiger partial charge is 0.340 e. The second kappa shape index (κ2) is 7.03. The van der Waals surface area contributed by atoms with Crippen LogP contribution in [-0.2, 0) is 16.1 Å². The van der Waals surface area contributed by atoms with Crippen LogP contribution in [0.3, 0.4) is 0 Å². The monoisotopic (exact) mass is 397 g/mol. The van der Waals surface area contributed by atoms with Crippen LogP contribution in [0.5, 0.6) is 5.75 Å². The maximum atomic E-state index is 12.3. The summed E-state index contributed by atoms with van der Waals surface area (Å²) in [4.78, 5) is 24.7. The van der Waals surface area contributed by atoms with Crippen LogP contribution in [0.2, 0.25) is 10.0 Å². The molecule has 7 nitrogen and oxygen atoms in total. The maximum Gasteiger partial charge on any atom is 0.340 e. The van der Waals surface area contributed by atoms with Gasteiger partial charge in [0.25, 0.3) is 0 Å². The highest BCUT2D eigenvalue weighted by Gasteiger charge is 2.40. The molecule has 3 rings (SSSR count). The van der Waals surface area contributed by atoms with Crippen LogP contribution < -0.4 is 15.9 Å². The summed E-state index contributed by atoms with van der Waals surface area (Å²) in [6.45, 7) is -0.530. The predicted molar refractivity (Wildman–Crippen MR) is 93.1 cm³/mol. The number of aliphatic hydroxyl groups is 1. The van der Waals surface area contributed by atoms with E-state index < -0.39 is 23.9 Å². The Kier molecular flexibility index (Phi) is 4.95. The first kappa shape index (κ1) is 18.3. The Hall–Kier alpha value is -2.48. The Balaban J connectivity index is 2.39. The fraction of sp³-hybridized carbons (Fsp3) is 0.176. The fourth-order valence-corrected chi connectivity index (χ4v) is 3.36. The number of methoxy groups -OCH3 is 1. The Morgan fingerprint density at radius 3 is 2.58 bits per heavy atom. The minimum Gasteiger partial charge on any atom is -0.465 e. The van der Waals surface area contributed by atoms with E-state index in [2.05, 4.69) is 0 Å². The summed E-state index contributed by atoms with van der Waals surface area (Å²) in [5, 5.41) is 9.80. The third kappa shape index (κ3) is 2.94. The standard InChI is InChI=1S/C17H13Cl2NO6/c1-24-17(23)13-12(11-8(18)3-2-4-9(11)19)15-14(26-16(13)20)10(22)5-7(6-21)25-15/h2-5,12,21H,6,20H2,1H3/t12-/m0/s1. The molecular weight excluding hydrogens is 385 g/mol. The molecule has 0 saturated heterocycles. The van der Waals surface area contributed by atoms with E-state index in [1.807, 2.05) is 0 Å². The number of carbonyl (C=O) groups is 1. The molecule has 2 aromatic rings. The minimum atomic E-state index is -1.05. The zero-order valence-corrected chi connectivity index (χ0v) is 14.9. The third-order valence-corrected chi connectivity index (χ3v) is 4.52. The summed E-state index contributed by atoms with van der Waals surface area (Å²) in [6.07, 6.45) is 0. The largest absolute Gasteiger partial charge is 0.465 e. The molecule has 0 spiro atoms. The molecule has 0 saturated carbocycles. The van der Waals surface area contributed by atoms with Gasteiger partial charge >= 0.3 is 5.97 Å². The summed E-state index contributed by atoms with van der Waals surface area (Å²) in [5.74, 6) is -2.46. The average molecular weight is 398 g/mol. The molecule has 1 atom stereocenters. The highest BCUT2D eigenvalue weighted by molar-refractivity contribution is 6.36. The van der Waals surface area contributed by atoms with Gasteiger partial charge in [0, 0.05) is 21.7 Å². The number of hydrogen-bond acceptors (Lipinski definition) is 7. The number of benzene rings is 1. The van der Waals surface area contributed by atoms with Crippen molar-refractivity contribution in [2.75, 3.05) is 7.11 Å². The molecule has 0 bridgehead atoms. The van der Waals surface area contributed by atoms with Gasteiger partial charge in [-0.15, -0.1) is 0 Å². The first-order valence-corrected chi connectivity index (χ1v) is 8.12. The Morgan fingerprint density at radius 2 is 2.00 bits per heavy atom. The van der Waals surface area contributed by atoms with Crippen LogP contribution in [0.1, 0.15) is 23.0 Å². The SMILES string of the molecule is COC(=O)C1=C(N)Oc2c(oc(CO)cc2=O)[C@H]1c1c(Cl)cccc1Cl. The van der Waals surface area contributed by atoms with Crippen molar-refractivity contribution in [3.05, 3.63) is 73.1 Å². The van der Waals surface area contributed by atoms with E-state index in [1.54, 1.807) is 18.2 Å². The van der Waals surface area contributed by atoms with Crippen LogP contribution in [0.15, 0.2) is 44.9 Å². The molecule has 1 aliphatic rings. The molecule has 0 fully saturated rings. The molecule has 0 radical (unpaired) electrons. The Bertz CT molecular complexity index is 961. The molecular formula is C17H13Cl2NO6. The van der Waals surface area contributed by atoms with E-state index in [1.165, 1.54) is 7.11 Å². The number of aliphatic hydroxyl groups excluding tert-OH is 1. The van der Waals surface area contributed by atoms with Crippen molar-refractivity contribution in [2.45, 2.75) is 12.5 Å². The molecule has 1 aromatic carbocycles. The lowest BCUT2D eigenvalue weighted by Crippen LogP contribution is -2.30. The Labute approximate surface area is 157 Å². The van der Waals surface area contributed by atoms with Gasteiger partial charge in [0.2, 0.25) is 17.1 Å². The summed E-state index contributed by atoms with van der Waals surface area (Å²) in [6, 6.07) is 5.83. The predicted octanol–water partition coefficient (Wildman–Crippen LogP) is 2.31. The number of nitrogens with two attached hydrogens (primary N) is 1. The van der Waals surface area contributed by atoms with Gasteiger partial charge in [-0.2, -0.15) is 0 Å². The second-order valence-corrected chi connectivity index (χ2v) is 6.18. The lowest BCUT2D eigenvalue weighted by molar-refractivity contribution is -0.136. The second-order valence-electron chi connectivity index (χ2n) is 5.37. The summed E-state index contributed by atoms with van der Waals surface area (Å²) >= 11 is 12.6. The van der Waals surface area contributed by atoms with Crippen molar-refractivity contribution in [1.82, 2.24) is 0 Å². The molecule has 2 heterocycles. The normalized spacial score (nSPS) is 16.1. The van der Waals surface area contributed by atoms with Crippen LogP contribution in [0, 0.1) is 0 Å². The van der Waals surface area contributed by atoms with Crippen LogP contribution in [0.4, 0.5) is 0 Å². The third-order valence-electron chi connectivity index (χ3n) is 3.86. The molecule has 0 amide bonds. The van der Waals surface area contributed by atoms with E-state index in [4.69, 9.17) is 42.8 Å². The van der Waals surface area contributed by atoms with Crippen molar-refractivity contribution in [2.24, 2.45) is 5.73 Å². The molecule has 136 valence electrons. The number of rotatable bonds is 3. The van der Waals surface area contributed by atoms with Crippen molar-refractivity contribution in [3.8, 4) is 5.75 Å². The summed E-state index contributed by atoms with van der Waals surface area (Å²) in [7, 11) is 1.17. The number of halogens is 2. The van der Waals surface area contributed by atoms with Gasteiger partial charge in [0.15, 0.2) is 5.76 Å². The van der Waals surface area contributed by atoms with Crippen LogP contribution in [0.25, 0.3) is 0 Å². The number of carbonyl (C=O) groups excluding carboxylic acids is 1. The van der Waals surface area contributed by atoms with Crippen molar-refractivity contribution in [1.29, 1.82) is 0 Å². The molecule has 1 aliphatic heterocycles. The summed E-state index contributed by atoms with van der Waals surface area (Å²) in [5.41, 5.74) is 5.48. The van der Waals surface area contributed by atoms with Gasteiger partial charge in [-0.25, -0.2) is 4.79 Å². The highest BCUT2D eigenvalue weighted by atomic mass is 35.5. The van der Waals surface area contributed by atoms with Crippen molar-refractivity contribution >= 4 is 29.2 Å². The van der Waals surface area contributed by atoms with Gasteiger partial charge in [-0.1, -0.05) is 29.3 Å². The zero-order chi connectivity index (χ0) is 19.0. The molecule has 0 unspecified atom stereocenters. The zero-order valence-electron chi connectivity index (χ0n) is 13.4. The van der Waals surface area contributed by atoms with E-state index in [0.717, 1.165) is 6.07 Å². The molecule has 3 N–H and O–H groups in total. The van der Waals surface area contributed by atoms with Crippen LogP contribution in [-0.4, -0.2) is 18.2 Å². The van der Waals surface area contributed by atoms with Gasteiger partial charge in [0.05, 0.1) is 13.0 Å².